The first-order valence-corrected chi connectivity index (χ1v) is 11.1. The summed E-state index contributed by atoms with van der Waals surface area (Å²) >= 11 is 5.84. The molecule has 10 nitrogen and oxygen atoms in total. The van der Waals surface area contributed by atoms with Crippen molar-refractivity contribution in [2.24, 2.45) is 0 Å². The molecule has 1 heterocycles. The molecule has 3 aromatic rings. The lowest BCUT2D eigenvalue weighted by atomic mass is 10.2. The highest BCUT2D eigenvalue weighted by Crippen LogP contribution is 2.29. The number of anilines is 1. The van der Waals surface area contributed by atoms with Crippen molar-refractivity contribution in [3.8, 4) is 5.75 Å². The lowest BCUT2D eigenvalue weighted by Gasteiger charge is -2.14. The van der Waals surface area contributed by atoms with E-state index < -0.39 is 26.7 Å². The fourth-order valence-electron chi connectivity index (χ4n) is 2.88. The van der Waals surface area contributed by atoms with Gasteiger partial charge >= 0.3 is 5.69 Å². The Bertz CT molecular complexity index is 1290. The second-order valence-corrected chi connectivity index (χ2v) is 9.24. The molecule has 0 aliphatic carbocycles. The van der Waals surface area contributed by atoms with E-state index in [2.05, 4.69) is 10.4 Å². The van der Waals surface area contributed by atoms with Crippen molar-refractivity contribution in [3.05, 3.63) is 69.5 Å². The highest BCUT2D eigenvalue weighted by atomic mass is 35.5. The molecule has 0 saturated heterocycles. The number of amides is 1. The van der Waals surface area contributed by atoms with Crippen molar-refractivity contribution in [3.63, 3.8) is 0 Å². The van der Waals surface area contributed by atoms with Gasteiger partial charge in [0.2, 0.25) is 15.7 Å². The van der Waals surface area contributed by atoms with E-state index in [-0.39, 0.29) is 32.6 Å². The molecule has 1 atom stereocenters. The number of hydrogen-bond acceptors (Lipinski definition) is 7. The van der Waals surface area contributed by atoms with Gasteiger partial charge in [-0.2, -0.15) is 5.10 Å². The van der Waals surface area contributed by atoms with Gasteiger partial charge in [-0.15, -0.1) is 0 Å². The standard InChI is InChI=1S/C20H19ClN4O6S/c1-12-19(25(27)28)11-24(23-12)13(2)20(26)22-15-8-16(31-3)10-18(9-15)32(29,30)17-6-4-14(21)5-7-17/h4-11,13H,1-3H3,(H,22,26). The minimum atomic E-state index is -3.91. The maximum Gasteiger partial charge on any atom is 0.309 e. The summed E-state index contributed by atoms with van der Waals surface area (Å²) in [7, 11) is -2.54. The third kappa shape index (κ3) is 4.73. The number of aromatic nitrogens is 2. The Morgan fingerprint density at radius 2 is 1.88 bits per heavy atom. The molecule has 12 heteroatoms. The van der Waals surface area contributed by atoms with E-state index in [0.717, 1.165) is 0 Å². The van der Waals surface area contributed by atoms with Crippen LogP contribution in [0.2, 0.25) is 5.02 Å². The van der Waals surface area contributed by atoms with E-state index in [1.54, 1.807) is 0 Å². The summed E-state index contributed by atoms with van der Waals surface area (Å²) in [6, 6.07) is 8.88. The SMILES string of the molecule is COc1cc(NC(=O)C(C)n2cc([N+](=O)[O-])c(C)n2)cc(S(=O)(=O)c2ccc(Cl)cc2)c1. The number of carbonyl (C=O) groups is 1. The molecule has 0 aliphatic rings. The molecule has 0 saturated carbocycles. The van der Waals surface area contributed by atoms with Crippen molar-refractivity contribution >= 4 is 38.7 Å². The molecular weight excluding hydrogens is 460 g/mol. The van der Waals surface area contributed by atoms with Crippen molar-refractivity contribution in [1.29, 1.82) is 0 Å². The van der Waals surface area contributed by atoms with Crippen molar-refractivity contribution in [1.82, 2.24) is 9.78 Å². The maximum atomic E-state index is 13.0. The van der Waals surface area contributed by atoms with Crippen LogP contribution in [0.4, 0.5) is 11.4 Å². The van der Waals surface area contributed by atoms with Gasteiger partial charge in [0.05, 0.1) is 21.8 Å². The highest BCUT2D eigenvalue weighted by Gasteiger charge is 2.24. The Labute approximate surface area is 188 Å². The Hall–Kier alpha value is -3.44. The van der Waals surface area contributed by atoms with Crippen LogP contribution in [0, 0.1) is 17.0 Å². The zero-order valence-corrected chi connectivity index (χ0v) is 18.8. The van der Waals surface area contributed by atoms with E-state index in [4.69, 9.17) is 16.3 Å². The summed E-state index contributed by atoms with van der Waals surface area (Å²) in [5.41, 5.74) is 0.141. The van der Waals surface area contributed by atoms with Gasteiger partial charge in [0.15, 0.2) is 0 Å². The average molecular weight is 479 g/mol. The van der Waals surface area contributed by atoms with Crippen molar-refractivity contribution in [2.75, 3.05) is 12.4 Å². The monoisotopic (exact) mass is 478 g/mol. The van der Waals surface area contributed by atoms with E-state index in [0.29, 0.717) is 5.02 Å². The smallest absolute Gasteiger partial charge is 0.309 e. The van der Waals surface area contributed by atoms with Gasteiger partial charge in [-0.25, -0.2) is 8.42 Å². The molecule has 32 heavy (non-hydrogen) atoms. The number of ether oxygens (including phenoxy) is 1. The summed E-state index contributed by atoms with van der Waals surface area (Å²) in [6.45, 7) is 2.98. The Morgan fingerprint density at radius 1 is 1.22 bits per heavy atom. The number of benzene rings is 2. The highest BCUT2D eigenvalue weighted by molar-refractivity contribution is 7.91. The number of nitrogens with zero attached hydrogens (tertiary/aromatic N) is 3. The first-order valence-electron chi connectivity index (χ1n) is 9.23. The van der Waals surface area contributed by atoms with Gasteiger partial charge in [0.1, 0.15) is 23.7 Å². The first kappa shape index (κ1) is 23.2. The number of aryl methyl sites for hydroxylation is 1. The van der Waals surface area contributed by atoms with Gasteiger partial charge in [-0.05, 0) is 50.2 Å². The predicted octanol–water partition coefficient (Wildman–Crippen LogP) is 3.79. The summed E-state index contributed by atoms with van der Waals surface area (Å²) in [6.07, 6.45) is 1.17. The van der Waals surface area contributed by atoms with Gasteiger partial charge in [-0.3, -0.25) is 19.6 Å². The normalized spacial score (nSPS) is 12.2. The number of hydrogen-bond donors (Lipinski definition) is 1. The van der Waals surface area contributed by atoms with Gasteiger partial charge in [-0.1, -0.05) is 11.6 Å². The molecule has 2 aromatic carbocycles. The van der Waals surface area contributed by atoms with E-state index in [1.165, 1.54) is 74.3 Å². The summed E-state index contributed by atoms with van der Waals surface area (Å²) in [4.78, 5) is 23.1. The third-order valence-corrected chi connectivity index (χ3v) is 6.68. The molecular formula is C20H19ClN4O6S. The molecule has 0 fully saturated rings. The minimum absolute atomic E-state index is 0.0279. The molecule has 0 spiro atoms. The number of halogens is 1. The van der Waals surface area contributed by atoms with Crippen LogP contribution in [0.3, 0.4) is 0 Å². The van der Waals surface area contributed by atoms with Crippen LogP contribution in [-0.4, -0.2) is 36.1 Å². The van der Waals surface area contributed by atoms with Gasteiger partial charge in [0, 0.05) is 16.8 Å². The Kier molecular flexibility index (Phi) is 6.51. The minimum Gasteiger partial charge on any atom is -0.497 e. The fraction of sp³-hybridized carbons (Fsp3) is 0.200. The maximum absolute atomic E-state index is 13.0. The van der Waals surface area contributed by atoms with Crippen molar-refractivity contribution in [2.45, 2.75) is 29.7 Å². The average Bonchev–Trinajstić information content (AvgIpc) is 3.15. The molecule has 0 bridgehead atoms. The fourth-order valence-corrected chi connectivity index (χ4v) is 4.33. The number of carbonyl (C=O) groups excluding carboxylic acids is 1. The molecule has 0 aliphatic heterocycles. The molecule has 168 valence electrons. The van der Waals surface area contributed by atoms with Crippen LogP contribution in [0.25, 0.3) is 0 Å². The van der Waals surface area contributed by atoms with E-state index in [1.807, 2.05) is 0 Å². The van der Waals surface area contributed by atoms with Crippen LogP contribution in [-0.2, 0) is 14.6 Å². The zero-order valence-electron chi connectivity index (χ0n) is 17.3. The first-order chi connectivity index (χ1) is 15.0. The summed E-state index contributed by atoms with van der Waals surface area (Å²) in [5, 5.41) is 18.0. The number of sulfone groups is 1. The lowest BCUT2D eigenvalue weighted by Crippen LogP contribution is -2.24. The van der Waals surface area contributed by atoms with E-state index in [9.17, 15) is 23.3 Å². The van der Waals surface area contributed by atoms with Crippen LogP contribution >= 0.6 is 11.6 Å². The Balaban J connectivity index is 1.91. The van der Waals surface area contributed by atoms with Gasteiger partial charge in [0.25, 0.3) is 0 Å². The summed E-state index contributed by atoms with van der Waals surface area (Å²) in [5.74, 6) is -0.334. The number of rotatable bonds is 7. The summed E-state index contributed by atoms with van der Waals surface area (Å²) < 4.78 is 32.4. The molecule has 0 radical (unpaired) electrons. The van der Waals surface area contributed by atoms with Crippen LogP contribution < -0.4 is 10.1 Å². The van der Waals surface area contributed by atoms with Crippen LogP contribution in [0.5, 0.6) is 5.75 Å². The number of nitrogens with one attached hydrogen (secondary N) is 1. The molecule has 1 unspecified atom stereocenters. The zero-order chi connectivity index (χ0) is 23.6. The second kappa shape index (κ2) is 8.97. The molecule has 1 amide bonds. The van der Waals surface area contributed by atoms with E-state index >= 15 is 0 Å². The Morgan fingerprint density at radius 3 is 2.44 bits per heavy atom. The van der Waals surface area contributed by atoms with Crippen LogP contribution in [0.15, 0.2) is 58.5 Å². The topological polar surface area (TPSA) is 133 Å². The quantitative estimate of drug-likeness (QED) is 0.403. The molecule has 1 N–H and O–H groups in total. The third-order valence-electron chi connectivity index (χ3n) is 4.68. The number of nitro groups is 1. The van der Waals surface area contributed by atoms with Crippen molar-refractivity contribution < 1.29 is 22.9 Å². The molecule has 3 rings (SSSR count). The lowest BCUT2D eigenvalue weighted by molar-refractivity contribution is -0.385. The predicted molar refractivity (Wildman–Crippen MR) is 117 cm³/mol. The van der Waals surface area contributed by atoms with Crippen LogP contribution in [0.1, 0.15) is 18.7 Å². The second-order valence-electron chi connectivity index (χ2n) is 6.86. The number of methoxy groups -OCH3 is 1. The largest absolute Gasteiger partial charge is 0.497 e. The van der Waals surface area contributed by atoms with Gasteiger partial charge < -0.3 is 10.1 Å². The molecule has 1 aromatic heterocycles.